The van der Waals surface area contributed by atoms with Crippen molar-refractivity contribution in [2.45, 2.75) is 0 Å². The Balaban J connectivity index is 1.35. The molecule has 8 heteroatoms. The maximum Gasteiger partial charge on any atom is 0.265 e. The fourth-order valence-corrected chi connectivity index (χ4v) is 2.95. The lowest BCUT2D eigenvalue weighted by Crippen LogP contribution is -1.98. The molecule has 0 amide bonds. The number of anilines is 1. The molecule has 0 aliphatic heterocycles. The third-order valence-electron chi connectivity index (χ3n) is 4.24. The molecule has 7 nitrogen and oxygen atoms in total. The van der Waals surface area contributed by atoms with Gasteiger partial charge in [-0.1, -0.05) is 30.3 Å². The molecule has 3 aromatic heterocycles. The van der Waals surface area contributed by atoms with Crippen molar-refractivity contribution in [3.8, 4) is 11.3 Å². The van der Waals surface area contributed by atoms with Crippen LogP contribution in [0.25, 0.3) is 33.4 Å². The van der Waals surface area contributed by atoms with Crippen LogP contribution in [0, 0.1) is 5.82 Å². The van der Waals surface area contributed by atoms with Crippen molar-refractivity contribution in [3.63, 3.8) is 0 Å². The molecule has 0 bridgehead atoms. The summed E-state index contributed by atoms with van der Waals surface area (Å²) in [5.74, 6) is 0.795. The van der Waals surface area contributed by atoms with Gasteiger partial charge in [0.05, 0.1) is 11.8 Å². The van der Waals surface area contributed by atoms with Gasteiger partial charge in [-0.15, -0.1) is 10.2 Å². The zero-order valence-corrected chi connectivity index (χ0v) is 14.4. The molecule has 5 aromatic rings. The summed E-state index contributed by atoms with van der Waals surface area (Å²) in [5.41, 5.74) is 5.38. The van der Waals surface area contributed by atoms with E-state index in [-0.39, 0.29) is 11.8 Å². The maximum absolute atomic E-state index is 13.8. The number of benzene rings is 2. The van der Waals surface area contributed by atoms with E-state index in [1.807, 2.05) is 24.3 Å². The van der Waals surface area contributed by atoms with Crippen LogP contribution in [0.1, 0.15) is 5.76 Å². The third kappa shape index (κ3) is 2.86. The normalized spacial score (nSPS) is 11.6. The SMILES string of the molecule is Fc1ccccc1-c1ccc(C=NNc2nnc3c(n2)[nH]c2ccccc23)o1. The average molecular weight is 372 g/mol. The minimum Gasteiger partial charge on any atom is -0.455 e. The molecule has 0 unspecified atom stereocenters. The van der Waals surface area contributed by atoms with Gasteiger partial charge in [-0.2, -0.15) is 10.1 Å². The predicted molar refractivity (Wildman–Crippen MR) is 105 cm³/mol. The molecule has 0 radical (unpaired) electrons. The van der Waals surface area contributed by atoms with Gasteiger partial charge in [0.1, 0.15) is 22.9 Å². The van der Waals surface area contributed by atoms with Crippen LogP contribution in [0.3, 0.4) is 0 Å². The molecule has 5 rings (SSSR count). The van der Waals surface area contributed by atoms with E-state index in [1.54, 1.807) is 30.3 Å². The van der Waals surface area contributed by atoms with E-state index < -0.39 is 0 Å². The minimum absolute atomic E-state index is 0.246. The second kappa shape index (κ2) is 6.58. The molecule has 0 spiro atoms. The van der Waals surface area contributed by atoms with Crippen LogP contribution in [-0.4, -0.2) is 26.4 Å². The summed E-state index contributed by atoms with van der Waals surface area (Å²) in [4.78, 5) is 7.57. The number of fused-ring (bicyclic) bond motifs is 3. The first kappa shape index (κ1) is 16.1. The Bertz CT molecular complexity index is 1320. The molecular formula is C20H13FN6O. The number of aromatic amines is 1. The van der Waals surface area contributed by atoms with Crippen molar-refractivity contribution in [1.82, 2.24) is 20.2 Å². The zero-order chi connectivity index (χ0) is 18.9. The van der Waals surface area contributed by atoms with E-state index in [1.165, 1.54) is 12.3 Å². The number of hydrazone groups is 1. The van der Waals surface area contributed by atoms with Gasteiger partial charge in [0.2, 0.25) is 0 Å². The van der Waals surface area contributed by atoms with Crippen LogP contribution >= 0.6 is 0 Å². The number of furan rings is 1. The summed E-state index contributed by atoms with van der Waals surface area (Å²) in [6.07, 6.45) is 1.46. The Morgan fingerprint density at radius 2 is 1.86 bits per heavy atom. The molecule has 28 heavy (non-hydrogen) atoms. The molecule has 136 valence electrons. The third-order valence-corrected chi connectivity index (χ3v) is 4.24. The standard InChI is InChI=1S/C20H13FN6O/c21-15-7-3-1-5-13(15)17-10-9-12(28-17)11-22-26-20-24-19-18(25-27-20)14-6-2-4-8-16(14)23-19/h1-11H,(H2,23,24,26,27). The van der Waals surface area contributed by atoms with Gasteiger partial charge in [0, 0.05) is 10.9 Å². The number of para-hydroxylation sites is 1. The first-order chi connectivity index (χ1) is 13.8. The molecule has 2 N–H and O–H groups in total. The summed E-state index contributed by atoms with van der Waals surface area (Å²) in [5, 5.41) is 13.3. The smallest absolute Gasteiger partial charge is 0.265 e. The Labute approximate surface area is 157 Å². The average Bonchev–Trinajstić information content (AvgIpc) is 3.32. The second-order valence-electron chi connectivity index (χ2n) is 6.06. The lowest BCUT2D eigenvalue weighted by atomic mass is 10.1. The van der Waals surface area contributed by atoms with Crippen LogP contribution in [-0.2, 0) is 0 Å². The van der Waals surface area contributed by atoms with Crippen molar-refractivity contribution >= 4 is 34.2 Å². The molecule has 0 atom stereocenters. The summed E-state index contributed by atoms with van der Waals surface area (Å²) < 4.78 is 19.4. The number of nitrogens with one attached hydrogen (secondary N) is 2. The monoisotopic (exact) mass is 372 g/mol. The fraction of sp³-hybridized carbons (Fsp3) is 0. The predicted octanol–water partition coefficient (Wildman–Crippen LogP) is 4.35. The van der Waals surface area contributed by atoms with E-state index >= 15 is 0 Å². The van der Waals surface area contributed by atoms with Crippen molar-refractivity contribution in [3.05, 3.63) is 72.2 Å². The Morgan fingerprint density at radius 1 is 1.00 bits per heavy atom. The highest BCUT2D eigenvalue weighted by Gasteiger charge is 2.09. The van der Waals surface area contributed by atoms with E-state index in [0.717, 1.165) is 10.9 Å². The fourth-order valence-electron chi connectivity index (χ4n) is 2.95. The molecule has 0 aliphatic carbocycles. The van der Waals surface area contributed by atoms with Gasteiger partial charge in [-0.25, -0.2) is 9.82 Å². The highest BCUT2D eigenvalue weighted by Crippen LogP contribution is 2.24. The second-order valence-corrected chi connectivity index (χ2v) is 6.06. The van der Waals surface area contributed by atoms with Gasteiger partial charge in [0.25, 0.3) is 5.95 Å². The summed E-state index contributed by atoms with van der Waals surface area (Å²) in [6, 6.07) is 17.6. The highest BCUT2D eigenvalue weighted by molar-refractivity contribution is 6.03. The van der Waals surface area contributed by atoms with Crippen LogP contribution in [0.15, 0.2) is 70.2 Å². The van der Waals surface area contributed by atoms with Crippen LogP contribution in [0.5, 0.6) is 0 Å². The number of hydrogen-bond donors (Lipinski definition) is 2. The topological polar surface area (TPSA) is 92.0 Å². The summed E-state index contributed by atoms with van der Waals surface area (Å²) >= 11 is 0. The van der Waals surface area contributed by atoms with Crippen LogP contribution in [0.2, 0.25) is 0 Å². The Morgan fingerprint density at radius 3 is 2.79 bits per heavy atom. The van der Waals surface area contributed by atoms with E-state index in [2.05, 4.69) is 30.7 Å². The highest BCUT2D eigenvalue weighted by atomic mass is 19.1. The van der Waals surface area contributed by atoms with Crippen molar-refractivity contribution in [1.29, 1.82) is 0 Å². The molecule has 3 heterocycles. The summed E-state index contributed by atoms with van der Waals surface area (Å²) in [6.45, 7) is 0. The van der Waals surface area contributed by atoms with E-state index in [9.17, 15) is 4.39 Å². The van der Waals surface area contributed by atoms with Crippen molar-refractivity contribution in [2.75, 3.05) is 5.43 Å². The molecule has 0 saturated carbocycles. The Kier molecular flexibility index (Phi) is 3.79. The number of halogens is 1. The number of rotatable bonds is 4. The number of nitrogens with zero attached hydrogens (tertiary/aromatic N) is 4. The first-order valence-corrected chi connectivity index (χ1v) is 8.53. The van der Waals surface area contributed by atoms with Gasteiger partial charge >= 0.3 is 0 Å². The molecule has 0 aliphatic rings. The molecular weight excluding hydrogens is 359 g/mol. The summed E-state index contributed by atoms with van der Waals surface area (Å²) in [7, 11) is 0. The first-order valence-electron chi connectivity index (χ1n) is 8.53. The lowest BCUT2D eigenvalue weighted by Gasteiger charge is -1.98. The molecule has 0 fully saturated rings. The van der Waals surface area contributed by atoms with Gasteiger partial charge in [0.15, 0.2) is 5.65 Å². The largest absolute Gasteiger partial charge is 0.455 e. The van der Waals surface area contributed by atoms with Crippen molar-refractivity contribution < 1.29 is 8.81 Å². The quantitative estimate of drug-likeness (QED) is 0.361. The zero-order valence-electron chi connectivity index (χ0n) is 14.4. The van der Waals surface area contributed by atoms with Gasteiger partial charge in [-0.3, -0.25) is 0 Å². The minimum atomic E-state index is -0.343. The Hall–Kier alpha value is -4.07. The van der Waals surface area contributed by atoms with Crippen LogP contribution < -0.4 is 5.43 Å². The maximum atomic E-state index is 13.8. The van der Waals surface area contributed by atoms with Crippen LogP contribution in [0.4, 0.5) is 10.3 Å². The molecule has 0 saturated heterocycles. The van der Waals surface area contributed by atoms with Crippen molar-refractivity contribution in [2.24, 2.45) is 5.10 Å². The number of hydrogen-bond acceptors (Lipinski definition) is 6. The number of H-pyrrole nitrogens is 1. The van der Waals surface area contributed by atoms with Gasteiger partial charge in [-0.05, 0) is 30.3 Å². The van der Waals surface area contributed by atoms with E-state index in [4.69, 9.17) is 4.42 Å². The van der Waals surface area contributed by atoms with Gasteiger partial charge < -0.3 is 9.40 Å². The van der Waals surface area contributed by atoms with E-state index in [0.29, 0.717) is 28.2 Å². The number of aromatic nitrogens is 4. The molecule has 2 aromatic carbocycles. The lowest BCUT2D eigenvalue weighted by molar-refractivity contribution is 0.563.